The molecule has 0 bridgehead atoms. The van der Waals surface area contributed by atoms with Gasteiger partial charge in [-0.25, -0.2) is 13.8 Å². The first-order valence-electron chi connectivity index (χ1n) is 6.61. The number of anilines is 1. The van der Waals surface area contributed by atoms with Crippen molar-refractivity contribution in [1.82, 2.24) is 15.0 Å². The fraction of sp³-hybridized carbons (Fsp3) is 0.333. The van der Waals surface area contributed by atoms with Crippen LogP contribution in [0.2, 0.25) is 0 Å². The maximum absolute atomic E-state index is 13.3. The molecule has 1 N–H and O–H groups in total. The zero-order chi connectivity index (χ0) is 15.6. The monoisotopic (exact) mass is 380 g/mol. The maximum Gasteiger partial charge on any atom is 3.00 e. The molecule has 1 atom stereocenters. The van der Waals surface area contributed by atoms with Crippen LogP contribution in [0.15, 0.2) is 18.2 Å². The first-order chi connectivity index (χ1) is 9.86. The van der Waals surface area contributed by atoms with Crippen LogP contribution >= 0.6 is 0 Å². The fourth-order valence-corrected chi connectivity index (χ4v) is 1.83. The van der Waals surface area contributed by atoms with Gasteiger partial charge in [-0.15, -0.1) is 0 Å². The Balaban J connectivity index is 0.00000242. The van der Waals surface area contributed by atoms with E-state index >= 15 is 0 Å². The average Bonchev–Trinajstić information content (AvgIpc) is 2.41. The molecule has 1 aromatic carbocycles. The van der Waals surface area contributed by atoms with Crippen LogP contribution in [-0.4, -0.2) is 15.0 Å². The van der Waals surface area contributed by atoms with E-state index < -0.39 is 11.6 Å². The van der Waals surface area contributed by atoms with Crippen LogP contribution in [0.25, 0.3) is 0 Å². The minimum absolute atomic E-state index is 0. The van der Waals surface area contributed by atoms with Crippen molar-refractivity contribution in [1.29, 1.82) is 0 Å². The Morgan fingerprint density at radius 3 is 2.36 bits per heavy atom. The van der Waals surface area contributed by atoms with Gasteiger partial charge in [0.1, 0.15) is 5.82 Å². The third-order valence-electron chi connectivity index (χ3n) is 2.98. The SMILES string of the molecule is Cc1nc(NC(C)c2ccc(F)c(F)c2)nc([C-](C)C)n1.[Y+3]. The summed E-state index contributed by atoms with van der Waals surface area (Å²) < 4.78 is 26.2. The summed E-state index contributed by atoms with van der Waals surface area (Å²) in [6.07, 6.45) is 0. The Kier molecular flexibility index (Phi) is 6.81. The number of hydrogen-bond acceptors (Lipinski definition) is 4. The van der Waals surface area contributed by atoms with E-state index in [1.165, 1.54) is 12.1 Å². The predicted molar refractivity (Wildman–Crippen MR) is 76.7 cm³/mol. The molecule has 0 aliphatic carbocycles. The molecule has 112 valence electrons. The molecule has 0 saturated carbocycles. The minimum atomic E-state index is -0.869. The number of halogens is 2. The van der Waals surface area contributed by atoms with E-state index in [9.17, 15) is 8.78 Å². The van der Waals surface area contributed by atoms with Gasteiger partial charge in [-0.05, 0) is 31.5 Å². The molecule has 0 radical (unpaired) electrons. The first kappa shape index (κ1) is 18.9. The van der Waals surface area contributed by atoms with E-state index in [-0.39, 0.29) is 38.8 Å². The molecule has 0 saturated heterocycles. The van der Waals surface area contributed by atoms with Crippen LogP contribution in [0.1, 0.15) is 44.0 Å². The average molecular weight is 380 g/mol. The third-order valence-corrected chi connectivity index (χ3v) is 2.98. The van der Waals surface area contributed by atoms with Gasteiger partial charge < -0.3 is 11.2 Å². The van der Waals surface area contributed by atoms with Gasteiger partial charge in [0.15, 0.2) is 11.6 Å². The molecule has 22 heavy (non-hydrogen) atoms. The number of nitrogens with one attached hydrogen (secondary N) is 1. The molecule has 0 aliphatic rings. The smallest absolute Gasteiger partial charge is 0.348 e. The Bertz CT molecular complexity index is 649. The van der Waals surface area contributed by atoms with E-state index in [4.69, 9.17) is 0 Å². The molecule has 1 unspecified atom stereocenters. The van der Waals surface area contributed by atoms with E-state index in [1.807, 2.05) is 20.8 Å². The fourth-order valence-electron chi connectivity index (χ4n) is 1.83. The van der Waals surface area contributed by atoms with Gasteiger partial charge in [-0.3, -0.25) is 4.98 Å². The number of nitrogens with zero attached hydrogens (tertiary/aromatic N) is 3. The first-order valence-corrected chi connectivity index (χ1v) is 6.61. The van der Waals surface area contributed by atoms with Crippen molar-refractivity contribution in [3.63, 3.8) is 0 Å². The molecule has 4 nitrogen and oxygen atoms in total. The summed E-state index contributed by atoms with van der Waals surface area (Å²) in [4.78, 5) is 12.7. The van der Waals surface area contributed by atoms with Crippen LogP contribution in [0.3, 0.4) is 0 Å². The van der Waals surface area contributed by atoms with Crippen molar-refractivity contribution in [2.45, 2.75) is 33.7 Å². The second-order valence-corrected chi connectivity index (χ2v) is 5.07. The molecule has 0 spiro atoms. The number of rotatable bonds is 4. The predicted octanol–water partition coefficient (Wildman–Crippen LogP) is 3.59. The zero-order valence-electron chi connectivity index (χ0n) is 13.0. The molecule has 0 aliphatic heterocycles. The number of hydrogen-bond donors (Lipinski definition) is 1. The zero-order valence-corrected chi connectivity index (χ0v) is 15.8. The second-order valence-electron chi connectivity index (χ2n) is 5.07. The molecule has 2 rings (SSSR count). The molecule has 0 fully saturated rings. The normalized spacial score (nSPS) is 11.5. The summed E-state index contributed by atoms with van der Waals surface area (Å²) in [7, 11) is 0. The molecule has 1 heterocycles. The molecule has 1 aromatic heterocycles. The van der Waals surface area contributed by atoms with Crippen molar-refractivity contribution in [2.24, 2.45) is 0 Å². The van der Waals surface area contributed by atoms with Crippen LogP contribution in [0.4, 0.5) is 14.7 Å². The van der Waals surface area contributed by atoms with Crippen molar-refractivity contribution >= 4 is 5.95 Å². The Morgan fingerprint density at radius 1 is 1.09 bits per heavy atom. The molecule has 2 aromatic rings. The van der Waals surface area contributed by atoms with E-state index in [0.29, 0.717) is 23.2 Å². The Hall–Kier alpha value is -1.14. The van der Waals surface area contributed by atoms with Gasteiger partial charge in [0, 0.05) is 5.82 Å². The van der Waals surface area contributed by atoms with Crippen LogP contribution in [0, 0.1) is 24.5 Å². The summed E-state index contributed by atoms with van der Waals surface area (Å²) in [6.45, 7) is 7.43. The van der Waals surface area contributed by atoms with Gasteiger partial charge in [0.25, 0.3) is 0 Å². The molecular formula is C15H17F2N4Y+2. The van der Waals surface area contributed by atoms with Gasteiger partial charge in [-0.1, -0.05) is 6.07 Å². The van der Waals surface area contributed by atoms with Gasteiger partial charge in [0.2, 0.25) is 5.95 Å². The van der Waals surface area contributed by atoms with Crippen molar-refractivity contribution in [3.05, 3.63) is 53.0 Å². The molecule has 7 heteroatoms. The Labute approximate surface area is 154 Å². The molecular weight excluding hydrogens is 363 g/mol. The van der Waals surface area contributed by atoms with Gasteiger partial charge >= 0.3 is 32.7 Å². The molecule has 0 amide bonds. The van der Waals surface area contributed by atoms with Crippen molar-refractivity contribution in [2.75, 3.05) is 5.32 Å². The summed E-state index contributed by atoms with van der Waals surface area (Å²) in [6, 6.07) is 3.55. The quantitative estimate of drug-likeness (QED) is 0.824. The van der Waals surface area contributed by atoms with E-state index in [1.54, 1.807) is 6.92 Å². The van der Waals surface area contributed by atoms with Crippen molar-refractivity contribution < 1.29 is 41.5 Å². The number of aromatic nitrogens is 3. The summed E-state index contributed by atoms with van der Waals surface area (Å²) in [5.74, 6) is 0.871. The van der Waals surface area contributed by atoms with Crippen LogP contribution < -0.4 is 5.32 Å². The second kappa shape index (κ2) is 7.93. The summed E-state index contributed by atoms with van der Waals surface area (Å²) >= 11 is 0. The van der Waals surface area contributed by atoms with Crippen LogP contribution in [-0.2, 0) is 32.7 Å². The summed E-state index contributed by atoms with van der Waals surface area (Å²) in [5.41, 5.74) is 0.616. The van der Waals surface area contributed by atoms with E-state index in [0.717, 1.165) is 12.0 Å². The maximum atomic E-state index is 13.3. The minimum Gasteiger partial charge on any atom is -0.348 e. The Morgan fingerprint density at radius 2 is 1.77 bits per heavy atom. The number of benzene rings is 1. The van der Waals surface area contributed by atoms with E-state index in [2.05, 4.69) is 20.3 Å². The summed E-state index contributed by atoms with van der Waals surface area (Å²) in [5, 5.41) is 3.08. The number of aryl methyl sites for hydroxylation is 1. The standard InChI is InChI=1S/C15H17F2N4.Y/c1-8(2)14-19-10(4)20-15(21-14)18-9(3)11-5-6-12(16)13(17)7-11;/h5-7,9H,1-4H3,(H,18,19,20,21);/q-1;+3. The van der Waals surface area contributed by atoms with Gasteiger partial charge in [-0.2, -0.15) is 18.8 Å². The topological polar surface area (TPSA) is 50.7 Å². The van der Waals surface area contributed by atoms with Crippen LogP contribution in [0.5, 0.6) is 0 Å². The van der Waals surface area contributed by atoms with Gasteiger partial charge in [0.05, 0.1) is 6.04 Å². The largest absolute Gasteiger partial charge is 3.00 e. The van der Waals surface area contributed by atoms with Crippen molar-refractivity contribution in [3.8, 4) is 0 Å². The third kappa shape index (κ3) is 4.68.